The molecular weight excluding hydrogens is 332 g/mol. The van der Waals surface area contributed by atoms with Crippen molar-refractivity contribution < 1.29 is 0 Å². The fraction of sp³-hybridized carbons (Fsp3) is 0.444. The first-order valence-corrected chi connectivity index (χ1v) is 9.48. The van der Waals surface area contributed by atoms with E-state index in [-0.39, 0.29) is 0 Å². The van der Waals surface area contributed by atoms with Crippen LogP contribution >= 0.6 is 11.3 Å². The molecule has 3 aromatic rings. The molecule has 4 heterocycles. The molecule has 1 saturated heterocycles. The summed E-state index contributed by atoms with van der Waals surface area (Å²) in [5.41, 5.74) is 6.08. The molecule has 0 radical (unpaired) electrons. The van der Waals surface area contributed by atoms with Crippen molar-refractivity contribution in [3.8, 4) is 11.4 Å². The molecule has 7 heteroatoms. The molecule has 1 aliphatic heterocycles. The smallest absolute Gasteiger partial charge is 0.107 e. The molecule has 130 valence electrons. The first-order chi connectivity index (χ1) is 12.2. The van der Waals surface area contributed by atoms with Crippen LogP contribution < -0.4 is 0 Å². The first kappa shape index (κ1) is 16.4. The van der Waals surface area contributed by atoms with Gasteiger partial charge < -0.3 is 4.57 Å². The molecule has 1 unspecified atom stereocenters. The number of thiazole rings is 1. The predicted molar refractivity (Wildman–Crippen MR) is 98.3 cm³/mol. The number of aryl methyl sites for hydroxylation is 2. The van der Waals surface area contributed by atoms with Gasteiger partial charge in [0.15, 0.2) is 0 Å². The fourth-order valence-electron chi connectivity index (χ4n) is 3.43. The fourth-order valence-corrected chi connectivity index (χ4v) is 4.25. The number of nitrogens with zero attached hydrogens (tertiary/aromatic N) is 6. The van der Waals surface area contributed by atoms with Crippen molar-refractivity contribution >= 4 is 11.3 Å². The highest BCUT2D eigenvalue weighted by Gasteiger charge is 2.24. The molecule has 4 rings (SSSR count). The van der Waals surface area contributed by atoms with Crippen LogP contribution in [0.5, 0.6) is 0 Å². The van der Waals surface area contributed by atoms with Gasteiger partial charge in [-0.25, -0.2) is 15.0 Å². The van der Waals surface area contributed by atoms with Gasteiger partial charge in [-0.1, -0.05) is 0 Å². The van der Waals surface area contributed by atoms with Crippen LogP contribution in [0.3, 0.4) is 0 Å². The van der Waals surface area contributed by atoms with Crippen LogP contribution in [-0.2, 0) is 13.6 Å². The van der Waals surface area contributed by atoms with Crippen molar-refractivity contribution in [2.75, 3.05) is 13.1 Å². The average molecular weight is 354 g/mol. The molecule has 6 nitrogen and oxygen atoms in total. The predicted octanol–water partition coefficient (Wildman–Crippen LogP) is 3.02. The Morgan fingerprint density at radius 3 is 2.92 bits per heavy atom. The summed E-state index contributed by atoms with van der Waals surface area (Å²) < 4.78 is 1.98. The van der Waals surface area contributed by atoms with Gasteiger partial charge in [-0.3, -0.25) is 9.88 Å². The maximum Gasteiger partial charge on any atom is 0.107 e. The minimum Gasteiger partial charge on any atom is -0.332 e. The van der Waals surface area contributed by atoms with Crippen molar-refractivity contribution in [3.63, 3.8) is 0 Å². The molecule has 0 bridgehead atoms. The average Bonchev–Trinajstić information content (AvgIpc) is 3.24. The van der Waals surface area contributed by atoms with Gasteiger partial charge in [0.1, 0.15) is 5.69 Å². The molecule has 0 amide bonds. The zero-order chi connectivity index (χ0) is 17.2. The Balaban J connectivity index is 1.51. The molecular formula is C18H22N6S. The Morgan fingerprint density at radius 1 is 1.24 bits per heavy atom. The number of piperidine rings is 1. The maximum atomic E-state index is 4.89. The van der Waals surface area contributed by atoms with E-state index in [9.17, 15) is 0 Å². The van der Waals surface area contributed by atoms with Crippen LogP contribution in [0.2, 0.25) is 0 Å². The van der Waals surface area contributed by atoms with Gasteiger partial charge in [0.2, 0.25) is 0 Å². The van der Waals surface area contributed by atoms with Crippen molar-refractivity contribution in [1.29, 1.82) is 0 Å². The van der Waals surface area contributed by atoms with E-state index < -0.39 is 0 Å². The van der Waals surface area contributed by atoms with Crippen LogP contribution in [0.25, 0.3) is 11.4 Å². The summed E-state index contributed by atoms with van der Waals surface area (Å²) in [6.07, 6.45) is 9.74. The lowest BCUT2D eigenvalue weighted by atomic mass is 9.95. The van der Waals surface area contributed by atoms with E-state index in [0.29, 0.717) is 5.92 Å². The van der Waals surface area contributed by atoms with Gasteiger partial charge in [-0.15, -0.1) is 11.3 Å². The highest BCUT2D eigenvalue weighted by Crippen LogP contribution is 2.28. The summed E-state index contributed by atoms with van der Waals surface area (Å²) >= 11 is 1.75. The monoisotopic (exact) mass is 354 g/mol. The molecule has 1 aliphatic rings. The molecule has 0 N–H and O–H groups in total. The third kappa shape index (κ3) is 3.48. The molecule has 1 atom stereocenters. The van der Waals surface area contributed by atoms with E-state index >= 15 is 0 Å². The molecule has 25 heavy (non-hydrogen) atoms. The number of aromatic nitrogens is 5. The SMILES string of the molecule is Cc1ncsc1CN1CCCC(c2cncc(-c3cncn3C)n2)C1. The van der Waals surface area contributed by atoms with Crippen LogP contribution in [0.1, 0.15) is 35.0 Å². The lowest BCUT2D eigenvalue weighted by Crippen LogP contribution is -2.34. The second-order valence-electron chi connectivity index (χ2n) is 6.65. The summed E-state index contributed by atoms with van der Waals surface area (Å²) in [5.74, 6) is 0.433. The lowest BCUT2D eigenvalue weighted by Gasteiger charge is -2.32. The van der Waals surface area contributed by atoms with Crippen molar-refractivity contribution in [2.45, 2.75) is 32.2 Å². The molecule has 0 aliphatic carbocycles. The summed E-state index contributed by atoms with van der Waals surface area (Å²) in [6, 6.07) is 0. The van der Waals surface area contributed by atoms with E-state index in [2.05, 4.69) is 26.8 Å². The Kier molecular flexibility index (Phi) is 4.59. The van der Waals surface area contributed by atoms with E-state index in [1.165, 1.54) is 17.7 Å². The van der Waals surface area contributed by atoms with Gasteiger partial charge in [-0.05, 0) is 26.3 Å². The summed E-state index contributed by atoms with van der Waals surface area (Å²) in [5, 5.41) is 0. The molecule has 0 saturated carbocycles. The molecule has 0 aromatic carbocycles. The minimum absolute atomic E-state index is 0.433. The Bertz CT molecular complexity index is 855. The molecule has 3 aromatic heterocycles. The van der Waals surface area contributed by atoms with Crippen LogP contribution in [0.4, 0.5) is 0 Å². The quantitative estimate of drug-likeness (QED) is 0.721. The summed E-state index contributed by atoms with van der Waals surface area (Å²) in [7, 11) is 1.98. The van der Waals surface area contributed by atoms with Gasteiger partial charge in [0, 0.05) is 37.1 Å². The zero-order valence-corrected chi connectivity index (χ0v) is 15.4. The molecule has 1 fully saturated rings. The van der Waals surface area contributed by atoms with Crippen LogP contribution in [0, 0.1) is 6.92 Å². The van der Waals surface area contributed by atoms with Crippen LogP contribution in [0.15, 0.2) is 30.4 Å². The van der Waals surface area contributed by atoms with Gasteiger partial charge in [0.05, 0.1) is 41.3 Å². The number of imidazole rings is 1. The summed E-state index contributed by atoms with van der Waals surface area (Å²) in [4.78, 5) is 21.8. The van der Waals surface area contributed by atoms with E-state index in [4.69, 9.17) is 4.98 Å². The zero-order valence-electron chi connectivity index (χ0n) is 14.6. The third-order valence-corrected chi connectivity index (χ3v) is 5.79. The van der Waals surface area contributed by atoms with E-state index in [0.717, 1.165) is 42.4 Å². The van der Waals surface area contributed by atoms with Crippen molar-refractivity contribution in [3.05, 3.63) is 46.7 Å². The number of rotatable bonds is 4. The number of hydrogen-bond acceptors (Lipinski definition) is 6. The van der Waals surface area contributed by atoms with Gasteiger partial charge in [0.25, 0.3) is 0 Å². The second-order valence-corrected chi connectivity index (χ2v) is 7.59. The minimum atomic E-state index is 0.433. The molecule has 0 spiro atoms. The maximum absolute atomic E-state index is 4.89. The standard InChI is InChI=1S/C18H22N6S/c1-13-18(25-12-21-13)10-24-5-3-4-14(9-24)15-6-19-7-16(22-15)17-8-20-11-23(17)2/h6-8,11-12,14H,3-5,9-10H2,1-2H3. The van der Waals surface area contributed by atoms with Crippen molar-refractivity contribution in [1.82, 2.24) is 29.4 Å². The topological polar surface area (TPSA) is 59.7 Å². The second kappa shape index (κ2) is 7.01. The van der Waals surface area contributed by atoms with Gasteiger partial charge in [-0.2, -0.15) is 0 Å². The number of hydrogen-bond donors (Lipinski definition) is 0. The number of likely N-dealkylation sites (tertiary alicyclic amines) is 1. The Labute approximate surface area is 151 Å². The largest absolute Gasteiger partial charge is 0.332 e. The highest BCUT2D eigenvalue weighted by atomic mass is 32.1. The summed E-state index contributed by atoms with van der Waals surface area (Å²) in [6.45, 7) is 5.25. The first-order valence-electron chi connectivity index (χ1n) is 8.60. The Morgan fingerprint density at radius 2 is 2.16 bits per heavy atom. The third-order valence-electron chi connectivity index (χ3n) is 4.87. The van der Waals surface area contributed by atoms with Crippen molar-refractivity contribution in [2.24, 2.45) is 7.05 Å². The normalized spacial score (nSPS) is 18.6. The van der Waals surface area contributed by atoms with Gasteiger partial charge >= 0.3 is 0 Å². The Hall–Kier alpha value is -2.12. The van der Waals surface area contributed by atoms with Crippen LogP contribution in [-0.4, -0.2) is 42.5 Å². The lowest BCUT2D eigenvalue weighted by molar-refractivity contribution is 0.199. The van der Waals surface area contributed by atoms with E-state index in [1.54, 1.807) is 17.7 Å². The highest BCUT2D eigenvalue weighted by molar-refractivity contribution is 7.09. The van der Waals surface area contributed by atoms with E-state index in [1.807, 2.05) is 35.7 Å².